The Balaban J connectivity index is 1.93. The number of aryl methyl sites for hydroxylation is 2. The third-order valence-electron chi connectivity index (χ3n) is 3.80. The van der Waals surface area contributed by atoms with Crippen molar-refractivity contribution in [3.8, 4) is 11.3 Å². The second-order valence-electron chi connectivity index (χ2n) is 5.22. The summed E-state index contributed by atoms with van der Waals surface area (Å²) in [5, 5.41) is 14.9. The molecule has 110 valence electrons. The predicted octanol–water partition coefficient (Wildman–Crippen LogP) is 0.273. The van der Waals surface area contributed by atoms with E-state index in [0.717, 1.165) is 17.0 Å². The number of imide groups is 1. The van der Waals surface area contributed by atoms with Crippen molar-refractivity contribution in [2.24, 2.45) is 7.05 Å². The average Bonchev–Trinajstić information content (AvgIpc) is 2.96. The second-order valence-corrected chi connectivity index (χ2v) is 5.22. The van der Waals surface area contributed by atoms with E-state index in [1.165, 1.54) is 4.68 Å². The van der Waals surface area contributed by atoms with E-state index in [4.69, 9.17) is 0 Å². The Bertz CT molecular complexity index is 729. The van der Waals surface area contributed by atoms with E-state index in [9.17, 15) is 9.59 Å². The zero-order valence-corrected chi connectivity index (χ0v) is 12.1. The predicted molar refractivity (Wildman–Crippen MR) is 73.1 cm³/mol. The molecule has 3 rings (SSSR count). The fourth-order valence-corrected chi connectivity index (χ4v) is 2.62. The number of rotatable bonds is 2. The SMILES string of the molecule is Cc1nn(C)c(C)c1-c1cn(C2CCC(=O)NC2=O)nn1. The number of carbonyl (C=O) groups excluding carboxylic acids is 2. The lowest BCUT2D eigenvalue weighted by molar-refractivity contribution is -0.136. The van der Waals surface area contributed by atoms with Crippen LogP contribution in [-0.2, 0) is 16.6 Å². The molecular formula is C13H16N6O2. The number of hydrogen-bond donors (Lipinski definition) is 1. The fourth-order valence-electron chi connectivity index (χ4n) is 2.62. The molecular weight excluding hydrogens is 272 g/mol. The van der Waals surface area contributed by atoms with Crippen LogP contribution in [0.25, 0.3) is 11.3 Å². The minimum atomic E-state index is -0.485. The molecule has 1 N–H and O–H groups in total. The Morgan fingerprint density at radius 1 is 1.33 bits per heavy atom. The number of carbonyl (C=O) groups is 2. The van der Waals surface area contributed by atoms with Crippen LogP contribution in [0, 0.1) is 13.8 Å². The molecule has 2 aromatic heterocycles. The van der Waals surface area contributed by atoms with Gasteiger partial charge in [-0.3, -0.25) is 19.6 Å². The first-order valence-electron chi connectivity index (χ1n) is 6.73. The van der Waals surface area contributed by atoms with E-state index < -0.39 is 6.04 Å². The number of nitrogens with zero attached hydrogens (tertiary/aromatic N) is 5. The molecule has 1 aliphatic rings. The second kappa shape index (κ2) is 4.80. The van der Waals surface area contributed by atoms with Crippen LogP contribution in [0.1, 0.15) is 30.3 Å². The molecule has 21 heavy (non-hydrogen) atoms. The van der Waals surface area contributed by atoms with Crippen molar-refractivity contribution in [3.63, 3.8) is 0 Å². The summed E-state index contributed by atoms with van der Waals surface area (Å²) in [7, 11) is 1.87. The molecule has 0 bridgehead atoms. The summed E-state index contributed by atoms with van der Waals surface area (Å²) in [5.74, 6) is -0.571. The van der Waals surface area contributed by atoms with Gasteiger partial charge in [0.2, 0.25) is 5.91 Å². The molecule has 8 heteroatoms. The van der Waals surface area contributed by atoms with Gasteiger partial charge in [-0.05, 0) is 20.3 Å². The van der Waals surface area contributed by atoms with Gasteiger partial charge >= 0.3 is 0 Å². The van der Waals surface area contributed by atoms with Gasteiger partial charge in [-0.25, -0.2) is 4.68 Å². The standard InChI is InChI=1S/C13H16N6O2/c1-7-12(8(2)18(3)16-7)9-6-19(17-15-9)10-4-5-11(20)14-13(10)21/h6,10H,4-5H2,1-3H3,(H,14,20,21). The van der Waals surface area contributed by atoms with Crippen molar-refractivity contribution in [3.05, 3.63) is 17.6 Å². The highest BCUT2D eigenvalue weighted by Crippen LogP contribution is 2.26. The molecule has 2 amide bonds. The molecule has 1 aliphatic heterocycles. The van der Waals surface area contributed by atoms with E-state index in [-0.39, 0.29) is 11.8 Å². The number of aromatic nitrogens is 5. The molecule has 0 aromatic carbocycles. The highest BCUT2D eigenvalue weighted by molar-refractivity contribution is 5.99. The molecule has 1 unspecified atom stereocenters. The Kier molecular flexibility index (Phi) is 3.08. The monoisotopic (exact) mass is 288 g/mol. The largest absolute Gasteiger partial charge is 0.295 e. The van der Waals surface area contributed by atoms with E-state index in [0.29, 0.717) is 18.5 Å². The van der Waals surface area contributed by atoms with Crippen LogP contribution in [0.4, 0.5) is 0 Å². The summed E-state index contributed by atoms with van der Waals surface area (Å²) in [6.07, 6.45) is 2.49. The molecule has 1 atom stereocenters. The van der Waals surface area contributed by atoms with Gasteiger partial charge in [0.05, 0.1) is 11.9 Å². The van der Waals surface area contributed by atoms with Gasteiger partial charge in [-0.15, -0.1) is 5.10 Å². The van der Waals surface area contributed by atoms with E-state index >= 15 is 0 Å². The first-order chi connectivity index (χ1) is 9.97. The van der Waals surface area contributed by atoms with Gasteiger partial charge in [-0.1, -0.05) is 5.21 Å². The maximum atomic E-state index is 11.9. The van der Waals surface area contributed by atoms with Crippen molar-refractivity contribution in [1.29, 1.82) is 0 Å². The van der Waals surface area contributed by atoms with Gasteiger partial charge in [-0.2, -0.15) is 5.10 Å². The van der Waals surface area contributed by atoms with Crippen LogP contribution < -0.4 is 5.32 Å². The molecule has 1 fully saturated rings. The van der Waals surface area contributed by atoms with Crippen LogP contribution in [0.15, 0.2) is 6.20 Å². The summed E-state index contributed by atoms with van der Waals surface area (Å²) >= 11 is 0. The Morgan fingerprint density at radius 3 is 2.71 bits per heavy atom. The van der Waals surface area contributed by atoms with E-state index in [1.54, 1.807) is 10.9 Å². The third-order valence-corrected chi connectivity index (χ3v) is 3.80. The van der Waals surface area contributed by atoms with Crippen molar-refractivity contribution >= 4 is 11.8 Å². The van der Waals surface area contributed by atoms with E-state index in [2.05, 4.69) is 20.7 Å². The van der Waals surface area contributed by atoms with Crippen LogP contribution in [-0.4, -0.2) is 36.6 Å². The number of amides is 2. The Morgan fingerprint density at radius 2 is 2.10 bits per heavy atom. The lowest BCUT2D eigenvalue weighted by Crippen LogP contribution is -2.41. The third kappa shape index (κ3) is 2.22. The van der Waals surface area contributed by atoms with Gasteiger partial charge in [0.25, 0.3) is 5.91 Å². The lowest BCUT2D eigenvalue weighted by atomic mass is 10.1. The van der Waals surface area contributed by atoms with Crippen LogP contribution in [0.3, 0.4) is 0 Å². The quantitative estimate of drug-likeness (QED) is 0.801. The van der Waals surface area contributed by atoms with Crippen LogP contribution in [0.5, 0.6) is 0 Å². The summed E-state index contributed by atoms with van der Waals surface area (Å²) in [5.41, 5.74) is 3.46. The number of piperidine rings is 1. The first-order valence-corrected chi connectivity index (χ1v) is 6.73. The number of nitrogens with one attached hydrogen (secondary N) is 1. The highest BCUT2D eigenvalue weighted by Gasteiger charge is 2.29. The molecule has 0 spiro atoms. The van der Waals surface area contributed by atoms with Crippen LogP contribution >= 0.6 is 0 Å². The van der Waals surface area contributed by atoms with Crippen molar-refractivity contribution < 1.29 is 9.59 Å². The zero-order valence-electron chi connectivity index (χ0n) is 12.1. The topological polar surface area (TPSA) is 94.7 Å². The molecule has 0 saturated carbocycles. The maximum absolute atomic E-state index is 11.9. The smallest absolute Gasteiger partial charge is 0.251 e. The molecule has 0 aliphatic carbocycles. The van der Waals surface area contributed by atoms with Crippen molar-refractivity contribution in [1.82, 2.24) is 30.1 Å². The average molecular weight is 288 g/mol. The van der Waals surface area contributed by atoms with Gasteiger partial charge < -0.3 is 0 Å². The van der Waals surface area contributed by atoms with Gasteiger partial charge in [0.1, 0.15) is 11.7 Å². The first kappa shape index (κ1) is 13.5. The summed E-state index contributed by atoms with van der Waals surface area (Å²) < 4.78 is 3.30. The summed E-state index contributed by atoms with van der Waals surface area (Å²) in [4.78, 5) is 23.0. The number of hydrogen-bond acceptors (Lipinski definition) is 5. The van der Waals surface area contributed by atoms with E-state index in [1.807, 2.05) is 20.9 Å². The van der Waals surface area contributed by atoms with Gasteiger partial charge in [0.15, 0.2) is 0 Å². The zero-order chi connectivity index (χ0) is 15.1. The molecule has 2 aromatic rings. The molecule has 3 heterocycles. The summed E-state index contributed by atoms with van der Waals surface area (Å²) in [6, 6.07) is -0.485. The summed E-state index contributed by atoms with van der Waals surface area (Å²) in [6.45, 7) is 3.87. The Labute approximate surface area is 121 Å². The maximum Gasteiger partial charge on any atom is 0.251 e. The normalized spacial score (nSPS) is 18.9. The Hall–Kier alpha value is -2.51. The minimum absolute atomic E-state index is 0.240. The van der Waals surface area contributed by atoms with Gasteiger partial charge in [0, 0.05) is 24.7 Å². The lowest BCUT2D eigenvalue weighted by Gasteiger charge is -2.20. The molecule has 0 radical (unpaired) electrons. The fraction of sp³-hybridized carbons (Fsp3) is 0.462. The molecule has 8 nitrogen and oxygen atoms in total. The van der Waals surface area contributed by atoms with Crippen molar-refractivity contribution in [2.45, 2.75) is 32.7 Å². The van der Waals surface area contributed by atoms with Crippen molar-refractivity contribution in [2.75, 3.05) is 0 Å². The minimum Gasteiger partial charge on any atom is -0.295 e. The highest BCUT2D eigenvalue weighted by atomic mass is 16.2. The van der Waals surface area contributed by atoms with Crippen LogP contribution in [0.2, 0.25) is 0 Å². The molecule has 1 saturated heterocycles.